The van der Waals surface area contributed by atoms with Crippen molar-refractivity contribution in [3.8, 4) is 0 Å². The van der Waals surface area contributed by atoms with E-state index in [0.717, 1.165) is 11.8 Å². The number of ether oxygens (including phenoxy) is 1. The van der Waals surface area contributed by atoms with E-state index in [0.29, 0.717) is 38.3 Å². The van der Waals surface area contributed by atoms with Gasteiger partial charge in [0.2, 0.25) is 0 Å². The summed E-state index contributed by atoms with van der Waals surface area (Å²) in [6, 6.07) is 7.60. The standard InChI is InChI=1S/C21H31N3O5S2/c1-20(2,3)29-19(26)24-14-18(30)12-21(24,15-25)22-17-6-4-16(5-7-17)13-23-8-10-31(27,28)11-9-23/h4-7,15,18,22,30H,8-14H2,1-3H3/t18-,21-/m0/s1. The molecule has 0 spiro atoms. The van der Waals surface area contributed by atoms with Crippen LogP contribution < -0.4 is 5.32 Å². The lowest BCUT2D eigenvalue weighted by atomic mass is 10.1. The maximum absolute atomic E-state index is 12.7. The lowest BCUT2D eigenvalue weighted by molar-refractivity contribution is -0.115. The van der Waals surface area contributed by atoms with Gasteiger partial charge in [-0.05, 0) is 38.5 Å². The minimum atomic E-state index is -2.90. The Bertz CT molecular complexity index is 900. The Hall–Kier alpha value is -1.78. The van der Waals surface area contributed by atoms with Crippen molar-refractivity contribution in [1.82, 2.24) is 9.80 Å². The molecule has 1 aromatic rings. The number of rotatable bonds is 5. The van der Waals surface area contributed by atoms with E-state index in [1.807, 2.05) is 24.3 Å². The molecular formula is C21H31N3O5S2. The molecule has 2 aliphatic rings. The molecular weight excluding hydrogens is 438 g/mol. The van der Waals surface area contributed by atoms with Gasteiger partial charge in [0.25, 0.3) is 0 Å². The summed E-state index contributed by atoms with van der Waals surface area (Å²) < 4.78 is 28.7. The first-order chi connectivity index (χ1) is 14.4. The molecule has 2 saturated heterocycles. The third-order valence-corrected chi connectivity index (χ3v) is 7.34. The molecule has 1 aromatic carbocycles. The molecule has 2 fully saturated rings. The summed E-state index contributed by atoms with van der Waals surface area (Å²) in [5.41, 5.74) is -0.145. The maximum Gasteiger partial charge on any atom is 0.412 e. The van der Waals surface area contributed by atoms with E-state index in [1.54, 1.807) is 20.8 Å². The SMILES string of the molecule is CC(C)(C)OC(=O)N1C[C@@H](S)C[C@]1(C=O)Nc1ccc(CN2CCS(=O)(=O)CC2)cc1. The van der Waals surface area contributed by atoms with Crippen molar-refractivity contribution < 1.29 is 22.7 Å². The van der Waals surface area contributed by atoms with Gasteiger partial charge in [0.15, 0.2) is 21.8 Å². The molecule has 10 heteroatoms. The van der Waals surface area contributed by atoms with Crippen molar-refractivity contribution in [1.29, 1.82) is 0 Å². The van der Waals surface area contributed by atoms with Crippen LogP contribution in [0.4, 0.5) is 10.5 Å². The first-order valence-electron chi connectivity index (χ1n) is 10.4. The Balaban J connectivity index is 1.69. The van der Waals surface area contributed by atoms with Crippen LogP contribution in [-0.2, 0) is 25.9 Å². The fourth-order valence-corrected chi connectivity index (χ4v) is 5.55. The fourth-order valence-electron chi connectivity index (χ4n) is 3.83. The predicted octanol–water partition coefficient (Wildman–Crippen LogP) is 2.16. The molecule has 8 nitrogen and oxygen atoms in total. The number of hydrogen-bond acceptors (Lipinski definition) is 8. The summed E-state index contributed by atoms with van der Waals surface area (Å²) in [7, 11) is -2.90. The highest BCUT2D eigenvalue weighted by molar-refractivity contribution is 7.91. The highest BCUT2D eigenvalue weighted by Gasteiger charge is 2.49. The highest BCUT2D eigenvalue weighted by atomic mass is 32.2. The molecule has 1 amide bonds. The Morgan fingerprint density at radius 1 is 1.26 bits per heavy atom. The Morgan fingerprint density at radius 3 is 2.42 bits per heavy atom. The molecule has 3 rings (SSSR count). The average Bonchev–Trinajstić information content (AvgIpc) is 3.00. The zero-order chi connectivity index (χ0) is 22.9. The van der Waals surface area contributed by atoms with Gasteiger partial charge in [-0.15, -0.1) is 0 Å². The number of nitrogens with one attached hydrogen (secondary N) is 1. The van der Waals surface area contributed by atoms with E-state index in [4.69, 9.17) is 4.74 Å². The molecule has 2 atom stereocenters. The van der Waals surface area contributed by atoms with E-state index in [1.165, 1.54) is 4.90 Å². The van der Waals surface area contributed by atoms with Gasteiger partial charge >= 0.3 is 6.09 Å². The van der Waals surface area contributed by atoms with E-state index in [9.17, 15) is 18.0 Å². The minimum absolute atomic E-state index is 0.153. The second-order valence-electron chi connectivity index (χ2n) is 9.24. The molecule has 1 N–H and O–H groups in total. The molecule has 172 valence electrons. The second kappa shape index (κ2) is 8.99. The average molecular weight is 470 g/mol. The normalized spacial score (nSPS) is 26.5. The number of amides is 1. The number of carbonyl (C=O) groups is 2. The summed E-state index contributed by atoms with van der Waals surface area (Å²) in [4.78, 5) is 28.4. The van der Waals surface area contributed by atoms with Crippen LogP contribution in [0.3, 0.4) is 0 Å². The zero-order valence-corrected chi connectivity index (χ0v) is 19.9. The van der Waals surface area contributed by atoms with Crippen LogP contribution in [-0.4, -0.2) is 78.3 Å². The largest absolute Gasteiger partial charge is 0.444 e. The molecule has 0 unspecified atom stereocenters. The number of hydrogen-bond donors (Lipinski definition) is 2. The maximum atomic E-state index is 12.7. The Morgan fingerprint density at radius 2 is 1.87 bits per heavy atom. The van der Waals surface area contributed by atoms with E-state index >= 15 is 0 Å². The van der Waals surface area contributed by atoms with E-state index in [-0.39, 0.29) is 16.8 Å². The van der Waals surface area contributed by atoms with Gasteiger partial charge in [-0.25, -0.2) is 13.2 Å². The summed E-state index contributed by atoms with van der Waals surface area (Å²) >= 11 is 4.50. The number of anilines is 1. The summed E-state index contributed by atoms with van der Waals surface area (Å²) in [6.45, 7) is 7.38. The quantitative estimate of drug-likeness (QED) is 0.504. The summed E-state index contributed by atoms with van der Waals surface area (Å²) in [6.07, 6.45) is 0.554. The topological polar surface area (TPSA) is 96.0 Å². The molecule has 2 aliphatic heterocycles. The Kier molecular flexibility index (Phi) is 6.93. The van der Waals surface area contributed by atoms with Gasteiger partial charge in [0.05, 0.1) is 11.5 Å². The van der Waals surface area contributed by atoms with Gasteiger partial charge in [0, 0.05) is 43.5 Å². The molecule has 0 saturated carbocycles. The van der Waals surface area contributed by atoms with Crippen molar-refractivity contribution in [3.63, 3.8) is 0 Å². The van der Waals surface area contributed by atoms with Crippen LogP contribution in [0.1, 0.15) is 32.8 Å². The third-order valence-electron chi connectivity index (χ3n) is 5.39. The van der Waals surface area contributed by atoms with Crippen LogP contribution in [0, 0.1) is 0 Å². The number of carbonyl (C=O) groups excluding carboxylic acids is 2. The first kappa shape index (κ1) is 23.9. The fraction of sp³-hybridized carbons (Fsp3) is 0.619. The molecule has 31 heavy (non-hydrogen) atoms. The van der Waals surface area contributed by atoms with Crippen LogP contribution in [0.2, 0.25) is 0 Å². The van der Waals surface area contributed by atoms with Crippen LogP contribution in [0.15, 0.2) is 24.3 Å². The summed E-state index contributed by atoms with van der Waals surface area (Å²) in [5, 5.41) is 3.06. The van der Waals surface area contributed by atoms with Gasteiger partial charge in [0.1, 0.15) is 5.60 Å². The smallest absolute Gasteiger partial charge is 0.412 e. The third kappa shape index (κ3) is 6.14. The number of sulfone groups is 1. The van der Waals surface area contributed by atoms with Crippen LogP contribution in [0.5, 0.6) is 0 Å². The molecule has 2 heterocycles. The predicted molar refractivity (Wildman–Crippen MR) is 123 cm³/mol. The summed E-state index contributed by atoms with van der Waals surface area (Å²) in [5.74, 6) is 0.389. The van der Waals surface area contributed by atoms with Crippen molar-refractivity contribution in [2.24, 2.45) is 0 Å². The van der Waals surface area contributed by atoms with Crippen molar-refractivity contribution in [3.05, 3.63) is 29.8 Å². The molecule has 0 radical (unpaired) electrons. The lowest BCUT2D eigenvalue weighted by Crippen LogP contribution is -2.55. The zero-order valence-electron chi connectivity index (χ0n) is 18.2. The number of aldehydes is 1. The number of benzene rings is 1. The van der Waals surface area contributed by atoms with Crippen LogP contribution >= 0.6 is 12.6 Å². The monoisotopic (exact) mass is 469 g/mol. The Labute approximate surface area is 189 Å². The minimum Gasteiger partial charge on any atom is -0.444 e. The van der Waals surface area contributed by atoms with Gasteiger partial charge in [-0.2, -0.15) is 12.6 Å². The van der Waals surface area contributed by atoms with Crippen molar-refractivity contribution in [2.75, 3.05) is 36.5 Å². The van der Waals surface area contributed by atoms with Crippen molar-refractivity contribution in [2.45, 2.75) is 50.3 Å². The van der Waals surface area contributed by atoms with Crippen molar-refractivity contribution >= 4 is 40.5 Å². The molecule has 0 bridgehead atoms. The lowest BCUT2D eigenvalue weighted by Gasteiger charge is -2.36. The molecule has 0 aromatic heterocycles. The van der Waals surface area contributed by atoms with Gasteiger partial charge in [-0.1, -0.05) is 12.1 Å². The number of thiol groups is 1. The number of nitrogens with zero attached hydrogens (tertiary/aromatic N) is 2. The van der Waals surface area contributed by atoms with Gasteiger partial charge < -0.3 is 10.1 Å². The van der Waals surface area contributed by atoms with E-state index in [2.05, 4.69) is 22.8 Å². The highest BCUT2D eigenvalue weighted by Crippen LogP contribution is 2.33. The first-order valence-corrected chi connectivity index (χ1v) is 12.7. The molecule has 0 aliphatic carbocycles. The van der Waals surface area contributed by atoms with Gasteiger partial charge in [-0.3, -0.25) is 14.6 Å². The van der Waals surface area contributed by atoms with Crippen LogP contribution in [0.25, 0.3) is 0 Å². The second-order valence-corrected chi connectivity index (χ2v) is 12.3. The number of likely N-dealkylation sites (tertiary alicyclic amines) is 1. The van der Waals surface area contributed by atoms with E-state index < -0.39 is 27.2 Å².